The number of carbonyl (C=O) groups excluding carboxylic acids is 1. The zero-order chi connectivity index (χ0) is 25.5. The van der Waals surface area contributed by atoms with E-state index in [4.69, 9.17) is 42.5 Å². The van der Waals surface area contributed by atoms with E-state index in [1.54, 1.807) is 36.4 Å². The Kier molecular flexibility index (Phi) is 8.57. The van der Waals surface area contributed by atoms with E-state index in [-0.39, 0.29) is 5.91 Å². The summed E-state index contributed by atoms with van der Waals surface area (Å²) in [6.07, 6.45) is 1.17. The van der Waals surface area contributed by atoms with Gasteiger partial charge in [-0.3, -0.25) is 4.79 Å². The van der Waals surface area contributed by atoms with Gasteiger partial charge in [0.05, 0.1) is 11.6 Å². The SMILES string of the molecule is O=C(O)OC1CCOc2cc(Oc3ccc(C(=O)NCCCCc4ccc(Cl)cc4)cc3)c(Cl)cc21. The molecule has 0 spiro atoms. The first kappa shape index (κ1) is 25.7. The Morgan fingerprint density at radius 3 is 2.50 bits per heavy atom. The Balaban J connectivity index is 1.29. The molecule has 0 saturated heterocycles. The molecule has 1 amide bonds. The average Bonchev–Trinajstić information content (AvgIpc) is 2.86. The number of carbonyl (C=O) groups is 2. The molecular weight excluding hydrogens is 505 g/mol. The molecule has 1 atom stereocenters. The summed E-state index contributed by atoms with van der Waals surface area (Å²) >= 11 is 12.3. The molecule has 9 heteroatoms. The van der Waals surface area contributed by atoms with Gasteiger partial charge in [0.1, 0.15) is 23.4 Å². The summed E-state index contributed by atoms with van der Waals surface area (Å²) in [7, 11) is 0. The molecule has 2 N–H and O–H groups in total. The standard InChI is InChI=1S/C27H25Cl2NO6/c28-19-8-4-17(5-9-19)3-1-2-13-30-26(31)18-6-10-20(11-7-18)35-25-16-24-21(15-22(25)29)23(12-14-34-24)36-27(32)33/h4-11,15-16,23H,1-3,12-14H2,(H,30,31)(H,32,33). The van der Waals surface area contributed by atoms with Crippen LogP contribution in [0, 0.1) is 0 Å². The number of ether oxygens (including phenoxy) is 3. The second-order valence-corrected chi connectivity index (χ2v) is 9.14. The first-order valence-corrected chi connectivity index (χ1v) is 12.3. The maximum Gasteiger partial charge on any atom is 0.506 e. The Hall–Kier alpha value is -3.42. The van der Waals surface area contributed by atoms with Crippen LogP contribution in [0.25, 0.3) is 0 Å². The molecule has 3 aromatic carbocycles. The Labute approximate surface area is 218 Å². The summed E-state index contributed by atoms with van der Waals surface area (Å²) in [5, 5.41) is 12.9. The molecule has 7 nitrogen and oxygen atoms in total. The van der Waals surface area contributed by atoms with Crippen molar-refractivity contribution in [1.29, 1.82) is 0 Å². The average molecular weight is 530 g/mol. The first-order chi connectivity index (χ1) is 17.4. The number of halogens is 2. The van der Waals surface area contributed by atoms with Crippen molar-refractivity contribution in [3.63, 3.8) is 0 Å². The number of hydrogen-bond donors (Lipinski definition) is 2. The number of benzene rings is 3. The molecule has 36 heavy (non-hydrogen) atoms. The van der Waals surface area contributed by atoms with Gasteiger partial charge in [0.2, 0.25) is 0 Å². The van der Waals surface area contributed by atoms with Gasteiger partial charge in [0.25, 0.3) is 5.91 Å². The molecule has 1 heterocycles. The third kappa shape index (κ3) is 6.83. The highest BCUT2D eigenvalue weighted by atomic mass is 35.5. The number of carboxylic acid groups (broad SMARTS) is 1. The lowest BCUT2D eigenvalue weighted by molar-refractivity contribution is 0.0326. The lowest BCUT2D eigenvalue weighted by atomic mass is 10.0. The lowest BCUT2D eigenvalue weighted by Gasteiger charge is -2.25. The van der Waals surface area contributed by atoms with E-state index < -0.39 is 12.3 Å². The van der Waals surface area contributed by atoms with Crippen LogP contribution in [0.2, 0.25) is 10.0 Å². The highest BCUT2D eigenvalue weighted by Crippen LogP contribution is 2.42. The summed E-state index contributed by atoms with van der Waals surface area (Å²) in [6.45, 7) is 0.902. The summed E-state index contributed by atoms with van der Waals surface area (Å²) < 4.78 is 16.4. The molecule has 1 unspecified atom stereocenters. The number of aryl methyl sites for hydroxylation is 1. The van der Waals surface area contributed by atoms with Crippen molar-refractivity contribution < 1.29 is 28.9 Å². The van der Waals surface area contributed by atoms with Crippen molar-refractivity contribution in [2.45, 2.75) is 31.8 Å². The van der Waals surface area contributed by atoms with Gasteiger partial charge >= 0.3 is 6.16 Å². The lowest BCUT2D eigenvalue weighted by Crippen LogP contribution is -2.24. The van der Waals surface area contributed by atoms with Crippen LogP contribution in [0.1, 0.15) is 46.9 Å². The van der Waals surface area contributed by atoms with Gasteiger partial charge < -0.3 is 24.6 Å². The van der Waals surface area contributed by atoms with Crippen molar-refractivity contribution in [2.75, 3.05) is 13.2 Å². The van der Waals surface area contributed by atoms with Gasteiger partial charge in [-0.1, -0.05) is 35.3 Å². The van der Waals surface area contributed by atoms with Gasteiger partial charge in [-0.15, -0.1) is 0 Å². The minimum absolute atomic E-state index is 0.155. The summed E-state index contributed by atoms with van der Waals surface area (Å²) in [5.74, 6) is 1.14. The van der Waals surface area contributed by atoms with Crippen LogP contribution in [-0.4, -0.2) is 30.3 Å². The molecule has 1 aliphatic heterocycles. The van der Waals surface area contributed by atoms with Crippen molar-refractivity contribution in [2.24, 2.45) is 0 Å². The Morgan fingerprint density at radius 2 is 1.78 bits per heavy atom. The van der Waals surface area contributed by atoms with Crippen molar-refractivity contribution in [3.05, 3.63) is 87.4 Å². The third-order valence-corrected chi connectivity index (χ3v) is 6.27. The molecule has 0 bridgehead atoms. The number of nitrogens with one attached hydrogen (secondary N) is 1. The molecule has 1 aliphatic rings. The second kappa shape index (κ2) is 12.0. The predicted octanol–water partition coefficient (Wildman–Crippen LogP) is 7.06. The number of hydrogen-bond acceptors (Lipinski definition) is 5. The van der Waals surface area contributed by atoms with E-state index in [1.807, 2.05) is 24.3 Å². The fourth-order valence-electron chi connectivity index (χ4n) is 3.89. The maximum atomic E-state index is 12.4. The van der Waals surface area contributed by atoms with Crippen LogP contribution < -0.4 is 14.8 Å². The molecule has 4 rings (SSSR count). The van der Waals surface area contributed by atoms with Crippen LogP contribution in [0.3, 0.4) is 0 Å². The van der Waals surface area contributed by atoms with Gasteiger partial charge in [-0.2, -0.15) is 0 Å². The van der Waals surface area contributed by atoms with Gasteiger partial charge in [0.15, 0.2) is 0 Å². The van der Waals surface area contributed by atoms with Gasteiger partial charge in [-0.25, -0.2) is 4.79 Å². The molecule has 0 fully saturated rings. The summed E-state index contributed by atoms with van der Waals surface area (Å²) in [6, 6.07) is 17.7. The molecule has 3 aromatic rings. The molecule has 0 radical (unpaired) electrons. The number of amides is 1. The van der Waals surface area contributed by atoms with Crippen molar-refractivity contribution in [3.8, 4) is 17.2 Å². The van der Waals surface area contributed by atoms with Gasteiger partial charge in [-0.05, 0) is 67.3 Å². The summed E-state index contributed by atoms with van der Waals surface area (Å²) in [5.41, 5.74) is 2.30. The highest BCUT2D eigenvalue weighted by Gasteiger charge is 2.27. The largest absolute Gasteiger partial charge is 0.506 e. The molecule has 188 valence electrons. The molecule has 0 saturated carbocycles. The van der Waals surface area contributed by atoms with Crippen LogP contribution in [-0.2, 0) is 11.2 Å². The van der Waals surface area contributed by atoms with E-state index in [0.29, 0.717) is 53.0 Å². The predicted molar refractivity (Wildman–Crippen MR) is 137 cm³/mol. The van der Waals surface area contributed by atoms with Crippen LogP contribution >= 0.6 is 23.2 Å². The molecular formula is C27H25Cl2NO6. The quantitative estimate of drug-likeness (QED) is 0.227. The minimum Gasteiger partial charge on any atom is -0.493 e. The Bertz CT molecular complexity index is 1210. The minimum atomic E-state index is -1.36. The van der Waals surface area contributed by atoms with Crippen LogP contribution in [0.15, 0.2) is 60.7 Å². The van der Waals surface area contributed by atoms with Crippen molar-refractivity contribution in [1.82, 2.24) is 5.32 Å². The maximum absolute atomic E-state index is 12.4. The smallest absolute Gasteiger partial charge is 0.493 e. The van der Waals surface area contributed by atoms with Crippen molar-refractivity contribution >= 4 is 35.3 Å². The normalized spacial score (nSPS) is 14.3. The number of fused-ring (bicyclic) bond motifs is 1. The molecule has 0 aromatic heterocycles. The Morgan fingerprint density at radius 1 is 1.03 bits per heavy atom. The monoisotopic (exact) mass is 529 g/mol. The van der Waals surface area contributed by atoms with E-state index >= 15 is 0 Å². The zero-order valence-electron chi connectivity index (χ0n) is 19.3. The van der Waals surface area contributed by atoms with Crippen LogP contribution in [0.4, 0.5) is 4.79 Å². The fraction of sp³-hybridized carbons (Fsp3) is 0.259. The fourth-order valence-corrected chi connectivity index (χ4v) is 4.23. The van der Waals surface area contributed by atoms with Crippen LogP contribution in [0.5, 0.6) is 17.2 Å². The third-order valence-electron chi connectivity index (χ3n) is 5.73. The zero-order valence-corrected chi connectivity index (χ0v) is 20.8. The second-order valence-electron chi connectivity index (χ2n) is 8.30. The van der Waals surface area contributed by atoms with E-state index in [0.717, 1.165) is 24.3 Å². The summed E-state index contributed by atoms with van der Waals surface area (Å²) in [4.78, 5) is 23.4. The van der Waals surface area contributed by atoms with E-state index in [9.17, 15) is 9.59 Å². The topological polar surface area (TPSA) is 94.1 Å². The first-order valence-electron chi connectivity index (χ1n) is 11.6. The number of rotatable bonds is 9. The molecule has 0 aliphatic carbocycles. The van der Waals surface area contributed by atoms with E-state index in [2.05, 4.69) is 5.32 Å². The number of unbranched alkanes of at least 4 members (excludes halogenated alkanes) is 1. The van der Waals surface area contributed by atoms with E-state index in [1.165, 1.54) is 5.56 Å². The highest BCUT2D eigenvalue weighted by molar-refractivity contribution is 6.32. The van der Waals surface area contributed by atoms with Gasteiger partial charge in [0, 0.05) is 35.2 Å².